The van der Waals surface area contributed by atoms with E-state index in [2.05, 4.69) is 20.0 Å². The molecule has 0 aliphatic heterocycles. The van der Waals surface area contributed by atoms with Crippen molar-refractivity contribution in [3.05, 3.63) is 51.7 Å². The average molecular weight is 483 g/mol. The number of primary amides is 1. The fourth-order valence-corrected chi connectivity index (χ4v) is 6.01. The molecule has 1 heterocycles. The number of benzene rings is 1. The number of aromatic nitrogens is 2. The molecule has 2 aromatic rings. The second-order valence-electron chi connectivity index (χ2n) is 7.96. The van der Waals surface area contributed by atoms with Crippen LogP contribution in [0, 0.1) is 39.6 Å². The Hall–Kier alpha value is -2.70. The largest absolute Gasteiger partial charge is 0.369 e. The van der Waals surface area contributed by atoms with Crippen molar-refractivity contribution in [2.75, 3.05) is 11.9 Å². The Morgan fingerprint density at radius 1 is 1.41 bits per heavy atom. The quantitative estimate of drug-likeness (QED) is 0.295. The highest BCUT2D eigenvalue weighted by atomic mass is 35.5. The predicted octanol–water partition coefficient (Wildman–Crippen LogP) is 2.03. The molecule has 0 spiro atoms. The number of rotatable bonds is 8. The van der Waals surface area contributed by atoms with Crippen LogP contribution in [-0.2, 0) is 15.8 Å². The summed E-state index contributed by atoms with van der Waals surface area (Å²) in [5, 5.41) is 13.8. The lowest BCUT2D eigenvalue weighted by atomic mass is 9.78. The van der Waals surface area contributed by atoms with Gasteiger partial charge in [-0.1, -0.05) is 6.07 Å². The van der Waals surface area contributed by atoms with Crippen LogP contribution in [0.2, 0.25) is 5.28 Å². The number of nitro groups is 1. The predicted molar refractivity (Wildman–Crippen MR) is 114 cm³/mol. The summed E-state index contributed by atoms with van der Waals surface area (Å²) in [5.41, 5.74) is 5.49. The lowest BCUT2D eigenvalue weighted by Crippen LogP contribution is -2.47. The van der Waals surface area contributed by atoms with Crippen LogP contribution >= 0.6 is 11.6 Å². The van der Waals surface area contributed by atoms with Gasteiger partial charge < -0.3 is 11.1 Å². The lowest BCUT2D eigenvalue weighted by molar-refractivity contribution is -0.385. The summed E-state index contributed by atoms with van der Waals surface area (Å²) in [6.45, 7) is 0.354. The second-order valence-corrected chi connectivity index (χ2v) is 9.60. The van der Waals surface area contributed by atoms with Crippen LogP contribution in [0.1, 0.15) is 12.8 Å². The molecule has 13 heteroatoms. The van der Waals surface area contributed by atoms with E-state index in [4.69, 9.17) is 17.3 Å². The maximum Gasteiger partial charge on any atom is 0.270 e. The maximum atomic E-state index is 14.2. The van der Waals surface area contributed by atoms with Gasteiger partial charge in [0.2, 0.25) is 11.2 Å². The molecule has 2 aliphatic carbocycles. The van der Waals surface area contributed by atoms with E-state index in [0.717, 1.165) is 6.20 Å². The minimum absolute atomic E-state index is 0.00779. The van der Waals surface area contributed by atoms with Gasteiger partial charge in [-0.05, 0) is 48.3 Å². The third-order valence-corrected chi connectivity index (χ3v) is 7.50. The molecule has 2 fully saturated rings. The van der Waals surface area contributed by atoms with Crippen molar-refractivity contribution in [1.82, 2.24) is 14.7 Å². The van der Waals surface area contributed by atoms with E-state index >= 15 is 0 Å². The summed E-state index contributed by atoms with van der Waals surface area (Å²) in [6, 6.07) is 5.16. The standard InChI is InChI=1S/C19H20ClFN6O4S/c20-19-23-8-14(21)18(26-19)25-16-13-5-9(15(16)17(22)28)4-10(13)7-24-32(31)12-3-1-2-11(6-12)27(29)30/h1-3,6,8-10,13,15-16,24H,4-5,7H2,(H2,22,28)(H,23,25,26)/t9-,10?,13-,15+,16-,32?/m1/s1. The van der Waals surface area contributed by atoms with E-state index in [1.165, 1.54) is 18.2 Å². The normalized spacial score (nSPS) is 27.2. The van der Waals surface area contributed by atoms with Crippen molar-refractivity contribution in [2.24, 2.45) is 29.4 Å². The van der Waals surface area contributed by atoms with E-state index in [0.29, 0.717) is 24.3 Å². The zero-order chi connectivity index (χ0) is 23.0. The van der Waals surface area contributed by atoms with Crippen molar-refractivity contribution in [2.45, 2.75) is 23.8 Å². The van der Waals surface area contributed by atoms with Gasteiger partial charge in [-0.25, -0.2) is 18.3 Å². The summed E-state index contributed by atoms with van der Waals surface area (Å²) in [4.78, 5) is 30.3. The number of hydrogen-bond acceptors (Lipinski definition) is 7. The van der Waals surface area contributed by atoms with E-state index in [-0.39, 0.29) is 34.5 Å². The number of amides is 1. The van der Waals surface area contributed by atoms with Crippen molar-refractivity contribution in [3.63, 3.8) is 0 Å². The molecule has 4 N–H and O–H groups in total. The summed E-state index contributed by atoms with van der Waals surface area (Å²) in [6.07, 6.45) is 2.36. The number of non-ortho nitro benzene ring substituents is 1. The number of halogens is 2. The molecule has 0 saturated heterocycles. The highest BCUT2D eigenvalue weighted by Crippen LogP contribution is 2.52. The Labute approximate surface area is 189 Å². The number of carbonyl (C=O) groups is 1. The molecule has 1 amide bonds. The van der Waals surface area contributed by atoms with Crippen LogP contribution in [0.5, 0.6) is 0 Å². The molecule has 32 heavy (non-hydrogen) atoms. The Kier molecular flexibility index (Phi) is 6.35. The van der Waals surface area contributed by atoms with Crippen LogP contribution in [0.25, 0.3) is 0 Å². The molecule has 1 aromatic heterocycles. The Morgan fingerprint density at radius 3 is 2.91 bits per heavy atom. The molecule has 2 unspecified atom stereocenters. The molecule has 0 radical (unpaired) electrons. The number of fused-ring (bicyclic) bond motifs is 2. The highest BCUT2D eigenvalue weighted by molar-refractivity contribution is 7.83. The van der Waals surface area contributed by atoms with Gasteiger partial charge in [0.25, 0.3) is 5.69 Å². The average Bonchev–Trinajstić information content (AvgIpc) is 3.33. The fraction of sp³-hybridized carbons (Fsp3) is 0.421. The number of nitro benzene ring substituents is 1. The molecular formula is C19H20ClFN6O4S. The number of hydrogen-bond donors (Lipinski definition) is 3. The van der Waals surface area contributed by atoms with Crippen LogP contribution < -0.4 is 15.8 Å². The minimum Gasteiger partial charge on any atom is -0.369 e. The molecule has 170 valence electrons. The second kappa shape index (κ2) is 9.04. The maximum absolute atomic E-state index is 14.2. The summed E-state index contributed by atoms with van der Waals surface area (Å²) < 4.78 is 29.7. The first-order valence-corrected chi connectivity index (χ1v) is 11.4. The van der Waals surface area contributed by atoms with E-state index in [1.54, 1.807) is 6.07 Å². The number of nitrogens with zero attached hydrogens (tertiary/aromatic N) is 3. The van der Waals surface area contributed by atoms with Crippen molar-refractivity contribution in [3.8, 4) is 0 Å². The first-order chi connectivity index (χ1) is 15.2. The zero-order valence-corrected chi connectivity index (χ0v) is 18.2. The molecule has 10 nitrogen and oxygen atoms in total. The van der Waals surface area contributed by atoms with Gasteiger partial charge in [0.1, 0.15) is 11.0 Å². The molecule has 1 aromatic carbocycles. The van der Waals surface area contributed by atoms with Crippen LogP contribution in [0.3, 0.4) is 0 Å². The molecule has 2 saturated carbocycles. The topological polar surface area (TPSA) is 153 Å². The Balaban J connectivity index is 1.47. The third-order valence-electron chi connectivity index (χ3n) is 6.21. The van der Waals surface area contributed by atoms with Gasteiger partial charge >= 0.3 is 0 Å². The first-order valence-electron chi connectivity index (χ1n) is 9.88. The van der Waals surface area contributed by atoms with Gasteiger partial charge in [0.05, 0.1) is 21.9 Å². The molecule has 2 aliphatic rings. The molecule has 4 rings (SSSR count). The molecule has 2 bridgehead atoms. The summed E-state index contributed by atoms with van der Waals surface area (Å²) in [5.74, 6) is -1.75. The van der Waals surface area contributed by atoms with E-state index in [1.807, 2.05) is 0 Å². The summed E-state index contributed by atoms with van der Waals surface area (Å²) in [7, 11) is -1.65. The van der Waals surface area contributed by atoms with Crippen LogP contribution in [0.15, 0.2) is 35.4 Å². The van der Waals surface area contributed by atoms with Crippen molar-refractivity contribution >= 4 is 40.0 Å². The van der Waals surface area contributed by atoms with E-state index < -0.39 is 39.6 Å². The number of nitrogens with one attached hydrogen (secondary N) is 2. The van der Waals surface area contributed by atoms with Gasteiger partial charge in [-0.3, -0.25) is 14.9 Å². The van der Waals surface area contributed by atoms with Gasteiger partial charge in [-0.15, -0.1) is 0 Å². The zero-order valence-electron chi connectivity index (χ0n) is 16.6. The third kappa shape index (κ3) is 4.43. The number of nitrogens with two attached hydrogens (primary N) is 1. The smallest absolute Gasteiger partial charge is 0.270 e. The highest BCUT2D eigenvalue weighted by Gasteiger charge is 2.54. The molecule has 6 atom stereocenters. The monoisotopic (exact) mass is 482 g/mol. The number of carbonyl (C=O) groups excluding carboxylic acids is 1. The van der Waals surface area contributed by atoms with E-state index in [9.17, 15) is 23.5 Å². The van der Waals surface area contributed by atoms with Gasteiger partial charge in [0, 0.05) is 24.7 Å². The van der Waals surface area contributed by atoms with Crippen LogP contribution in [-0.4, -0.2) is 37.6 Å². The molecular weight excluding hydrogens is 463 g/mol. The Bertz CT molecular complexity index is 1090. The van der Waals surface area contributed by atoms with Crippen molar-refractivity contribution < 1.29 is 18.3 Å². The lowest BCUT2D eigenvalue weighted by Gasteiger charge is -2.35. The number of anilines is 1. The Morgan fingerprint density at radius 2 is 2.19 bits per heavy atom. The SMILES string of the molecule is NC(=O)[C@H]1[C@@H]2CC(CNS(=O)c3cccc([N+](=O)[O-])c3)[C@@H](C2)[C@H]1Nc1nc(Cl)ncc1F. The van der Waals surface area contributed by atoms with Gasteiger partial charge in [0.15, 0.2) is 11.6 Å². The van der Waals surface area contributed by atoms with Gasteiger partial charge in [-0.2, -0.15) is 4.98 Å². The minimum atomic E-state index is -1.65. The summed E-state index contributed by atoms with van der Waals surface area (Å²) >= 11 is 5.78. The van der Waals surface area contributed by atoms with Crippen molar-refractivity contribution in [1.29, 1.82) is 0 Å². The first kappa shape index (κ1) is 22.5. The fourth-order valence-electron chi connectivity index (χ4n) is 4.92. The van der Waals surface area contributed by atoms with Crippen LogP contribution in [0.4, 0.5) is 15.9 Å².